The van der Waals surface area contributed by atoms with Gasteiger partial charge in [-0.15, -0.1) is 0 Å². The van der Waals surface area contributed by atoms with Crippen LogP contribution >= 0.6 is 11.6 Å². The number of anilines is 1. The van der Waals surface area contributed by atoms with Gasteiger partial charge in [0.05, 0.1) is 5.69 Å². The van der Waals surface area contributed by atoms with Crippen molar-refractivity contribution in [3.8, 4) is 5.69 Å². The van der Waals surface area contributed by atoms with Crippen LogP contribution in [0.1, 0.15) is 16.2 Å². The molecular formula is C18H12ClF2N3O2. The van der Waals surface area contributed by atoms with Crippen molar-refractivity contribution in [2.45, 2.75) is 6.92 Å². The van der Waals surface area contributed by atoms with Crippen molar-refractivity contribution in [1.82, 2.24) is 9.78 Å². The molecule has 8 heteroatoms. The highest BCUT2D eigenvalue weighted by atomic mass is 35.5. The van der Waals surface area contributed by atoms with Crippen LogP contribution in [0.25, 0.3) is 5.69 Å². The second-order valence-corrected chi connectivity index (χ2v) is 5.88. The molecule has 0 bridgehead atoms. The fourth-order valence-corrected chi connectivity index (χ4v) is 2.50. The van der Waals surface area contributed by atoms with E-state index in [-0.39, 0.29) is 16.4 Å². The first-order valence-corrected chi connectivity index (χ1v) is 7.87. The summed E-state index contributed by atoms with van der Waals surface area (Å²) in [5, 5.41) is 6.38. The lowest BCUT2D eigenvalue weighted by Gasteiger charge is -2.12. The zero-order chi connectivity index (χ0) is 18.8. The minimum Gasteiger partial charge on any atom is -0.318 e. The molecule has 5 nitrogen and oxygen atoms in total. The van der Waals surface area contributed by atoms with Gasteiger partial charge in [0, 0.05) is 16.8 Å². The lowest BCUT2D eigenvalue weighted by Crippen LogP contribution is -2.27. The Morgan fingerprint density at radius 2 is 1.85 bits per heavy atom. The maximum atomic E-state index is 14.0. The average molecular weight is 376 g/mol. The van der Waals surface area contributed by atoms with Gasteiger partial charge in [0.15, 0.2) is 5.69 Å². The summed E-state index contributed by atoms with van der Waals surface area (Å²) in [5.41, 5.74) is -0.889. The van der Waals surface area contributed by atoms with Crippen molar-refractivity contribution in [3.63, 3.8) is 0 Å². The van der Waals surface area contributed by atoms with Crippen molar-refractivity contribution in [1.29, 1.82) is 0 Å². The van der Waals surface area contributed by atoms with Crippen LogP contribution in [0, 0.1) is 18.6 Å². The number of halogens is 3. The molecule has 0 aliphatic carbocycles. The molecule has 0 saturated carbocycles. The number of benzene rings is 2. The third-order valence-corrected chi connectivity index (χ3v) is 3.82. The van der Waals surface area contributed by atoms with E-state index in [9.17, 15) is 18.4 Å². The number of amides is 1. The van der Waals surface area contributed by atoms with Crippen molar-refractivity contribution in [2.75, 3.05) is 5.32 Å². The van der Waals surface area contributed by atoms with E-state index in [0.717, 1.165) is 16.8 Å². The Morgan fingerprint density at radius 3 is 2.54 bits per heavy atom. The lowest BCUT2D eigenvalue weighted by molar-refractivity contribution is 0.101. The van der Waals surface area contributed by atoms with Gasteiger partial charge in [-0.25, -0.2) is 13.5 Å². The molecule has 0 atom stereocenters. The number of rotatable bonds is 3. The van der Waals surface area contributed by atoms with E-state index in [4.69, 9.17) is 11.6 Å². The van der Waals surface area contributed by atoms with Gasteiger partial charge in [-0.2, -0.15) is 5.10 Å². The van der Waals surface area contributed by atoms with Crippen LogP contribution in [0.2, 0.25) is 5.02 Å². The summed E-state index contributed by atoms with van der Waals surface area (Å²) < 4.78 is 29.0. The Labute approximate surface area is 151 Å². The molecule has 0 unspecified atom stereocenters. The maximum Gasteiger partial charge on any atom is 0.280 e. The smallest absolute Gasteiger partial charge is 0.280 e. The summed E-state index contributed by atoms with van der Waals surface area (Å²) in [6.07, 6.45) is 0. The van der Waals surface area contributed by atoms with E-state index in [2.05, 4.69) is 10.4 Å². The fraction of sp³-hybridized carbons (Fsp3) is 0.0556. The van der Waals surface area contributed by atoms with Gasteiger partial charge in [-0.3, -0.25) is 9.59 Å². The fourth-order valence-electron chi connectivity index (χ4n) is 2.34. The molecule has 3 rings (SSSR count). The first kappa shape index (κ1) is 17.8. The van der Waals surface area contributed by atoms with Crippen LogP contribution in [-0.2, 0) is 0 Å². The third-order valence-electron chi connectivity index (χ3n) is 3.58. The van der Waals surface area contributed by atoms with Gasteiger partial charge < -0.3 is 5.32 Å². The molecule has 0 spiro atoms. The number of hydrogen-bond acceptors (Lipinski definition) is 3. The first-order valence-electron chi connectivity index (χ1n) is 7.49. The first-order chi connectivity index (χ1) is 12.4. The number of nitrogens with zero attached hydrogens (tertiary/aromatic N) is 2. The van der Waals surface area contributed by atoms with Crippen LogP contribution in [0.3, 0.4) is 0 Å². The van der Waals surface area contributed by atoms with Crippen LogP contribution in [0.15, 0.2) is 53.3 Å². The second kappa shape index (κ2) is 7.05. The van der Waals surface area contributed by atoms with Gasteiger partial charge in [0.25, 0.3) is 5.91 Å². The molecule has 26 heavy (non-hydrogen) atoms. The molecule has 132 valence electrons. The van der Waals surface area contributed by atoms with E-state index in [1.54, 1.807) is 13.0 Å². The van der Waals surface area contributed by atoms with Crippen molar-refractivity contribution in [3.05, 3.63) is 86.8 Å². The second-order valence-electron chi connectivity index (χ2n) is 5.44. The molecule has 1 amide bonds. The normalized spacial score (nSPS) is 10.6. The SMILES string of the molecule is Cc1cc(=O)c(C(=O)Nc2ccc(Cl)cc2F)nn1-c1ccccc1F. The Balaban J connectivity index is 2.02. The highest BCUT2D eigenvalue weighted by Gasteiger charge is 2.18. The van der Waals surface area contributed by atoms with E-state index in [1.807, 2.05) is 0 Å². The standard InChI is InChI=1S/C18H12ClF2N3O2/c1-10-8-16(25)17(23-24(10)15-5-3-2-4-12(15)20)18(26)22-14-7-6-11(19)9-13(14)21/h2-9H,1H3,(H,22,26). The Bertz CT molecular complexity index is 1070. The largest absolute Gasteiger partial charge is 0.318 e. The minimum atomic E-state index is -0.915. The highest BCUT2D eigenvalue weighted by Crippen LogP contribution is 2.19. The van der Waals surface area contributed by atoms with E-state index < -0.39 is 28.7 Å². The average Bonchev–Trinajstić information content (AvgIpc) is 2.58. The van der Waals surface area contributed by atoms with Crippen LogP contribution in [0.4, 0.5) is 14.5 Å². The van der Waals surface area contributed by atoms with Gasteiger partial charge in [0.2, 0.25) is 5.43 Å². The Morgan fingerprint density at radius 1 is 1.12 bits per heavy atom. The van der Waals surface area contributed by atoms with E-state index in [0.29, 0.717) is 5.69 Å². The zero-order valence-corrected chi connectivity index (χ0v) is 14.2. The summed E-state index contributed by atoms with van der Waals surface area (Å²) in [4.78, 5) is 24.5. The van der Waals surface area contributed by atoms with Crippen molar-refractivity contribution >= 4 is 23.2 Å². The molecule has 2 aromatic carbocycles. The molecule has 1 heterocycles. The molecule has 0 saturated heterocycles. The zero-order valence-electron chi connectivity index (χ0n) is 13.5. The topological polar surface area (TPSA) is 64.0 Å². The van der Waals surface area contributed by atoms with Crippen LogP contribution < -0.4 is 10.7 Å². The molecule has 0 fully saturated rings. The number of carbonyl (C=O) groups excluding carboxylic acids is 1. The van der Waals surface area contributed by atoms with E-state index in [1.165, 1.54) is 30.3 Å². The molecule has 0 aliphatic rings. The van der Waals surface area contributed by atoms with Gasteiger partial charge in [0.1, 0.15) is 17.3 Å². The number of para-hydroxylation sites is 1. The molecular weight excluding hydrogens is 364 g/mol. The summed E-state index contributed by atoms with van der Waals surface area (Å²) >= 11 is 5.66. The molecule has 1 N–H and O–H groups in total. The van der Waals surface area contributed by atoms with Gasteiger partial charge >= 0.3 is 0 Å². The predicted octanol–water partition coefficient (Wildman–Crippen LogP) is 3.72. The number of aromatic nitrogens is 2. The summed E-state index contributed by atoms with van der Waals surface area (Å²) in [5.74, 6) is -2.24. The van der Waals surface area contributed by atoms with Crippen molar-refractivity contribution < 1.29 is 13.6 Å². The quantitative estimate of drug-likeness (QED) is 0.758. The monoisotopic (exact) mass is 375 g/mol. The molecule has 1 aromatic heterocycles. The summed E-state index contributed by atoms with van der Waals surface area (Å²) in [6.45, 7) is 1.56. The van der Waals surface area contributed by atoms with Crippen LogP contribution in [-0.4, -0.2) is 15.7 Å². The Kier molecular flexibility index (Phi) is 4.81. The molecule has 0 aliphatic heterocycles. The van der Waals surface area contributed by atoms with Crippen LogP contribution in [0.5, 0.6) is 0 Å². The third kappa shape index (κ3) is 3.48. The van der Waals surface area contributed by atoms with Gasteiger partial charge in [-0.1, -0.05) is 23.7 Å². The number of nitrogens with one attached hydrogen (secondary N) is 1. The number of carbonyl (C=O) groups is 1. The summed E-state index contributed by atoms with van der Waals surface area (Å²) in [6, 6.07) is 10.6. The minimum absolute atomic E-state index is 0.0803. The lowest BCUT2D eigenvalue weighted by atomic mass is 10.2. The van der Waals surface area contributed by atoms with Gasteiger partial charge in [-0.05, 0) is 37.3 Å². The molecule has 3 aromatic rings. The molecule has 0 radical (unpaired) electrons. The highest BCUT2D eigenvalue weighted by molar-refractivity contribution is 6.30. The number of hydrogen-bond donors (Lipinski definition) is 1. The predicted molar refractivity (Wildman–Crippen MR) is 93.9 cm³/mol. The maximum absolute atomic E-state index is 14.0. The summed E-state index contributed by atoms with van der Waals surface area (Å²) in [7, 11) is 0. The van der Waals surface area contributed by atoms with Crippen molar-refractivity contribution in [2.24, 2.45) is 0 Å². The number of aryl methyl sites for hydroxylation is 1. The Hall–Kier alpha value is -3.06. The van der Waals surface area contributed by atoms with E-state index >= 15 is 0 Å².